The Bertz CT molecular complexity index is 1060. The van der Waals surface area contributed by atoms with Crippen LogP contribution in [0.2, 0.25) is 0 Å². The Morgan fingerprint density at radius 2 is 1.48 bits per heavy atom. The number of aliphatic hydroxyl groups is 1. The van der Waals surface area contributed by atoms with Gasteiger partial charge in [-0.1, -0.05) is 12.1 Å². The van der Waals surface area contributed by atoms with Crippen LogP contribution in [0.4, 0.5) is 0 Å². The Labute approximate surface area is 230 Å². The highest BCUT2D eigenvalue weighted by Gasteiger charge is 2.32. The number of guanidine groups is 1. The van der Waals surface area contributed by atoms with E-state index in [9.17, 15) is 39.3 Å². The molecule has 4 amide bonds. The van der Waals surface area contributed by atoms with E-state index in [1.54, 1.807) is 0 Å². The van der Waals surface area contributed by atoms with E-state index in [2.05, 4.69) is 20.9 Å². The summed E-state index contributed by atoms with van der Waals surface area (Å²) in [5.74, 6) is -4.95. The SMILES string of the molecule is CC(O)C(NC(=O)C(CCC(N)=O)NC(=O)C(Cc1ccc(O)cc1)NC(=O)C(N)CCCN=C(N)N)C(=O)O. The molecule has 0 saturated carbocycles. The number of aromatic hydroxyl groups is 1. The Kier molecular flexibility index (Phi) is 13.9. The van der Waals surface area contributed by atoms with Crippen molar-refractivity contribution in [2.45, 2.75) is 69.3 Å². The monoisotopic (exact) mass is 566 g/mol. The summed E-state index contributed by atoms with van der Waals surface area (Å²) < 4.78 is 0. The maximum absolute atomic E-state index is 13.3. The number of amides is 4. The molecule has 222 valence electrons. The minimum Gasteiger partial charge on any atom is -0.508 e. The number of nitrogens with one attached hydrogen (secondary N) is 3. The average molecular weight is 567 g/mol. The Morgan fingerprint density at radius 1 is 0.900 bits per heavy atom. The summed E-state index contributed by atoms with van der Waals surface area (Å²) in [6, 6.07) is 0.387. The zero-order valence-electron chi connectivity index (χ0n) is 22.1. The maximum atomic E-state index is 13.3. The molecule has 0 fully saturated rings. The molecule has 16 heteroatoms. The number of phenolic OH excluding ortho intramolecular Hbond substituents is 1. The zero-order chi connectivity index (χ0) is 30.4. The van der Waals surface area contributed by atoms with E-state index in [1.165, 1.54) is 24.3 Å². The topological polar surface area (TPSA) is 299 Å². The van der Waals surface area contributed by atoms with Crippen molar-refractivity contribution in [3.05, 3.63) is 29.8 Å². The van der Waals surface area contributed by atoms with Crippen LogP contribution in [0.15, 0.2) is 29.3 Å². The minimum atomic E-state index is -1.69. The predicted octanol–water partition coefficient (Wildman–Crippen LogP) is -3.50. The fourth-order valence-corrected chi connectivity index (χ4v) is 3.48. The molecule has 0 aliphatic rings. The smallest absolute Gasteiger partial charge is 0.328 e. The van der Waals surface area contributed by atoms with Crippen LogP contribution in [-0.2, 0) is 30.4 Å². The van der Waals surface area contributed by atoms with E-state index in [4.69, 9.17) is 22.9 Å². The fraction of sp³-hybridized carbons (Fsp3) is 0.500. The number of benzene rings is 1. The lowest BCUT2D eigenvalue weighted by Crippen LogP contribution is -2.58. The molecular weight excluding hydrogens is 528 g/mol. The van der Waals surface area contributed by atoms with Gasteiger partial charge in [-0.3, -0.25) is 24.2 Å². The molecule has 0 aromatic heterocycles. The van der Waals surface area contributed by atoms with E-state index in [0.717, 1.165) is 6.92 Å². The largest absolute Gasteiger partial charge is 0.508 e. The first-order valence-corrected chi connectivity index (χ1v) is 12.4. The summed E-state index contributed by atoms with van der Waals surface area (Å²) in [7, 11) is 0. The molecular formula is C24H38N8O8. The van der Waals surface area contributed by atoms with Crippen molar-refractivity contribution in [1.29, 1.82) is 0 Å². The molecule has 0 saturated heterocycles. The second-order valence-corrected chi connectivity index (χ2v) is 9.12. The lowest BCUT2D eigenvalue weighted by Gasteiger charge is -2.26. The normalized spacial score (nSPS) is 14.5. The molecule has 1 aromatic carbocycles. The van der Waals surface area contributed by atoms with Gasteiger partial charge in [-0.25, -0.2) is 4.79 Å². The summed E-state index contributed by atoms with van der Waals surface area (Å²) >= 11 is 0. The predicted molar refractivity (Wildman–Crippen MR) is 143 cm³/mol. The van der Waals surface area contributed by atoms with E-state index in [0.29, 0.717) is 12.0 Å². The van der Waals surface area contributed by atoms with Crippen molar-refractivity contribution in [2.24, 2.45) is 27.9 Å². The lowest BCUT2D eigenvalue weighted by atomic mass is 10.0. The number of nitrogens with zero attached hydrogens (tertiary/aromatic N) is 1. The Balaban J connectivity index is 3.12. The van der Waals surface area contributed by atoms with Gasteiger partial charge in [0.2, 0.25) is 23.6 Å². The number of hydrogen-bond donors (Lipinski definition) is 10. The van der Waals surface area contributed by atoms with Crippen LogP contribution in [0.3, 0.4) is 0 Å². The van der Waals surface area contributed by atoms with Gasteiger partial charge in [-0.15, -0.1) is 0 Å². The molecule has 1 aromatic rings. The third-order valence-electron chi connectivity index (χ3n) is 5.67. The molecule has 0 radical (unpaired) electrons. The number of carbonyl (C=O) groups is 5. The number of aliphatic carboxylic acids is 1. The molecule has 16 nitrogen and oxygen atoms in total. The first-order chi connectivity index (χ1) is 18.7. The van der Waals surface area contributed by atoms with Crippen LogP contribution in [0, 0.1) is 0 Å². The number of carbonyl (C=O) groups excluding carboxylic acids is 4. The first kappa shape index (κ1) is 33.6. The minimum absolute atomic E-state index is 0.0223. The Morgan fingerprint density at radius 3 is 2.00 bits per heavy atom. The molecule has 0 heterocycles. The molecule has 0 aliphatic carbocycles. The lowest BCUT2D eigenvalue weighted by molar-refractivity contribution is -0.145. The summed E-state index contributed by atoms with van der Waals surface area (Å²) in [5, 5.41) is 35.6. The van der Waals surface area contributed by atoms with Crippen LogP contribution in [0.25, 0.3) is 0 Å². The molecule has 5 unspecified atom stereocenters. The number of carboxylic acid groups (broad SMARTS) is 1. The van der Waals surface area contributed by atoms with E-state index in [-0.39, 0.29) is 43.9 Å². The number of nitrogens with two attached hydrogens (primary N) is 4. The zero-order valence-corrected chi connectivity index (χ0v) is 22.1. The van der Waals surface area contributed by atoms with Crippen LogP contribution in [0.1, 0.15) is 38.2 Å². The number of carboxylic acids is 1. The third kappa shape index (κ3) is 12.4. The third-order valence-corrected chi connectivity index (χ3v) is 5.67. The molecule has 40 heavy (non-hydrogen) atoms. The second kappa shape index (κ2) is 16.5. The number of phenols is 1. The highest BCUT2D eigenvalue weighted by atomic mass is 16.4. The standard InChI is InChI=1S/C24H38N8O8/c1-12(33)19(23(39)40)32-21(37)16(8-9-18(26)35)30-22(38)17(11-13-4-6-14(34)7-5-13)31-20(36)15(25)3-2-10-29-24(27)28/h4-7,12,15-17,19,33-34H,2-3,8-11,25H2,1H3,(H2,26,35)(H,30,38)(H,31,36)(H,32,37)(H,39,40)(H4,27,28,29). The Hall–Kier alpha value is -4.44. The van der Waals surface area contributed by atoms with Crippen molar-refractivity contribution < 1.29 is 39.3 Å². The summed E-state index contributed by atoms with van der Waals surface area (Å²) in [4.78, 5) is 65.5. The van der Waals surface area contributed by atoms with Crippen molar-refractivity contribution in [2.75, 3.05) is 6.54 Å². The van der Waals surface area contributed by atoms with Crippen molar-refractivity contribution in [3.63, 3.8) is 0 Å². The highest BCUT2D eigenvalue weighted by Crippen LogP contribution is 2.12. The van der Waals surface area contributed by atoms with Crippen molar-refractivity contribution >= 4 is 35.6 Å². The van der Waals surface area contributed by atoms with Gasteiger partial charge in [-0.2, -0.15) is 0 Å². The maximum Gasteiger partial charge on any atom is 0.328 e. The van der Waals surface area contributed by atoms with Gasteiger partial charge >= 0.3 is 5.97 Å². The summed E-state index contributed by atoms with van der Waals surface area (Å²) in [5.41, 5.74) is 22.2. The second-order valence-electron chi connectivity index (χ2n) is 9.12. The van der Waals surface area contributed by atoms with E-state index >= 15 is 0 Å². The van der Waals surface area contributed by atoms with Crippen molar-refractivity contribution in [1.82, 2.24) is 16.0 Å². The van der Waals surface area contributed by atoms with Gasteiger partial charge in [0, 0.05) is 19.4 Å². The van der Waals surface area contributed by atoms with Gasteiger partial charge in [0.15, 0.2) is 12.0 Å². The van der Waals surface area contributed by atoms with Gasteiger partial charge in [-0.05, 0) is 43.9 Å². The highest BCUT2D eigenvalue weighted by molar-refractivity contribution is 5.94. The number of rotatable bonds is 17. The number of hydrogen-bond acceptors (Lipinski definition) is 9. The van der Waals surface area contributed by atoms with Crippen LogP contribution >= 0.6 is 0 Å². The molecule has 0 spiro atoms. The molecule has 1 rings (SSSR count). The van der Waals surface area contributed by atoms with Gasteiger partial charge in [0.05, 0.1) is 12.1 Å². The number of primary amides is 1. The quantitative estimate of drug-likeness (QED) is 0.0501. The van der Waals surface area contributed by atoms with E-state index < -0.39 is 59.9 Å². The molecule has 14 N–H and O–H groups in total. The van der Waals surface area contributed by atoms with Gasteiger partial charge < -0.3 is 54.2 Å². The van der Waals surface area contributed by atoms with Crippen molar-refractivity contribution in [3.8, 4) is 5.75 Å². The van der Waals surface area contributed by atoms with Gasteiger partial charge in [0.1, 0.15) is 17.8 Å². The van der Waals surface area contributed by atoms with Crippen LogP contribution in [0.5, 0.6) is 5.75 Å². The van der Waals surface area contributed by atoms with Crippen LogP contribution in [-0.4, -0.2) is 87.7 Å². The molecule has 5 atom stereocenters. The average Bonchev–Trinajstić information content (AvgIpc) is 2.87. The first-order valence-electron chi connectivity index (χ1n) is 12.4. The fourth-order valence-electron chi connectivity index (χ4n) is 3.48. The number of aliphatic imine (C=N–C) groups is 1. The summed E-state index contributed by atoms with van der Waals surface area (Å²) in [6.45, 7) is 1.39. The molecule has 0 bridgehead atoms. The van der Waals surface area contributed by atoms with Gasteiger partial charge in [0.25, 0.3) is 0 Å². The van der Waals surface area contributed by atoms with E-state index in [1.807, 2.05) is 0 Å². The number of aliphatic hydroxyl groups excluding tert-OH is 1. The summed E-state index contributed by atoms with van der Waals surface area (Å²) in [6.07, 6.45) is -1.60. The molecule has 0 aliphatic heterocycles. The van der Waals surface area contributed by atoms with Crippen LogP contribution < -0.4 is 38.9 Å².